The lowest BCUT2D eigenvalue weighted by Crippen LogP contribution is -2.21. The largest absolute Gasteiger partial charge is 0.459 e. The van der Waals surface area contributed by atoms with Crippen LogP contribution in [-0.2, 0) is 0 Å². The molecule has 3 nitrogen and oxygen atoms in total. The van der Waals surface area contributed by atoms with Gasteiger partial charge in [-0.2, -0.15) is 0 Å². The van der Waals surface area contributed by atoms with E-state index in [-0.39, 0.29) is 6.04 Å². The van der Waals surface area contributed by atoms with E-state index in [9.17, 15) is 0 Å². The number of nitrogens with one attached hydrogen (secondary N) is 1. The van der Waals surface area contributed by atoms with Gasteiger partial charge in [-0.3, -0.25) is 4.98 Å². The highest BCUT2D eigenvalue weighted by Crippen LogP contribution is 2.29. The van der Waals surface area contributed by atoms with Crippen molar-refractivity contribution in [3.05, 3.63) is 65.2 Å². The van der Waals surface area contributed by atoms with Crippen molar-refractivity contribution in [1.82, 2.24) is 10.3 Å². The van der Waals surface area contributed by atoms with Crippen LogP contribution in [0.25, 0.3) is 11.0 Å². The maximum absolute atomic E-state index is 6.05. The fraction of sp³-hybridized carbons (Fsp3) is 0.278. The Kier molecular flexibility index (Phi) is 3.76. The van der Waals surface area contributed by atoms with Crippen LogP contribution >= 0.6 is 0 Å². The third kappa shape index (κ3) is 2.83. The molecule has 0 aliphatic rings. The maximum atomic E-state index is 6.05. The van der Waals surface area contributed by atoms with E-state index in [0.29, 0.717) is 0 Å². The summed E-state index contributed by atoms with van der Waals surface area (Å²) in [5.74, 6) is 0.947. The van der Waals surface area contributed by atoms with Crippen LogP contribution in [0.3, 0.4) is 0 Å². The predicted octanol–water partition coefficient (Wildman–Crippen LogP) is 4.14. The van der Waals surface area contributed by atoms with Crippen molar-refractivity contribution >= 4 is 11.0 Å². The first-order valence-corrected chi connectivity index (χ1v) is 7.33. The van der Waals surface area contributed by atoms with Gasteiger partial charge in [-0.15, -0.1) is 0 Å². The standard InChI is InChI=1S/C18H20N2O/c1-4-19-18(14-7-8-20-13(3)10-14)17-11-15-9-12(2)5-6-16(15)21-17/h5-11,18-19H,4H2,1-3H3. The van der Waals surface area contributed by atoms with Gasteiger partial charge in [-0.1, -0.05) is 18.6 Å². The Morgan fingerprint density at radius 2 is 2.00 bits per heavy atom. The van der Waals surface area contributed by atoms with Crippen molar-refractivity contribution in [3.8, 4) is 0 Å². The lowest BCUT2D eigenvalue weighted by molar-refractivity contribution is 0.477. The fourth-order valence-electron chi connectivity index (χ4n) is 2.66. The first-order chi connectivity index (χ1) is 10.2. The molecule has 0 spiro atoms. The lowest BCUT2D eigenvalue weighted by Gasteiger charge is -2.16. The molecule has 0 saturated heterocycles. The van der Waals surface area contributed by atoms with E-state index >= 15 is 0 Å². The molecule has 0 aliphatic carbocycles. The molecular formula is C18H20N2O. The average molecular weight is 280 g/mol. The Bertz CT molecular complexity index is 761. The number of hydrogen-bond acceptors (Lipinski definition) is 3. The van der Waals surface area contributed by atoms with Gasteiger partial charge in [-0.25, -0.2) is 0 Å². The number of aromatic nitrogens is 1. The van der Waals surface area contributed by atoms with Crippen LogP contribution in [-0.4, -0.2) is 11.5 Å². The Morgan fingerprint density at radius 3 is 2.76 bits per heavy atom. The highest BCUT2D eigenvalue weighted by atomic mass is 16.3. The van der Waals surface area contributed by atoms with Crippen molar-refractivity contribution in [1.29, 1.82) is 0 Å². The number of rotatable bonds is 4. The minimum absolute atomic E-state index is 0.0596. The number of nitrogens with zero attached hydrogens (tertiary/aromatic N) is 1. The van der Waals surface area contributed by atoms with Gasteiger partial charge < -0.3 is 9.73 Å². The van der Waals surface area contributed by atoms with Crippen LogP contribution in [0.4, 0.5) is 0 Å². The van der Waals surface area contributed by atoms with E-state index < -0.39 is 0 Å². The van der Waals surface area contributed by atoms with E-state index in [1.807, 2.05) is 25.3 Å². The van der Waals surface area contributed by atoms with Crippen LogP contribution in [0.2, 0.25) is 0 Å². The Balaban J connectivity index is 2.06. The summed E-state index contributed by atoms with van der Waals surface area (Å²) in [6.07, 6.45) is 1.85. The monoisotopic (exact) mass is 280 g/mol. The van der Waals surface area contributed by atoms with Crippen LogP contribution in [0.5, 0.6) is 0 Å². The van der Waals surface area contributed by atoms with E-state index in [2.05, 4.69) is 48.4 Å². The molecule has 0 radical (unpaired) electrons. The number of fused-ring (bicyclic) bond motifs is 1. The number of pyridine rings is 1. The third-order valence-electron chi connectivity index (χ3n) is 3.64. The van der Waals surface area contributed by atoms with Crippen LogP contribution < -0.4 is 5.32 Å². The molecule has 0 amide bonds. The second-order valence-corrected chi connectivity index (χ2v) is 5.41. The molecule has 2 aromatic heterocycles. The smallest absolute Gasteiger partial charge is 0.134 e. The predicted molar refractivity (Wildman–Crippen MR) is 85.4 cm³/mol. The van der Waals surface area contributed by atoms with Crippen LogP contribution in [0.1, 0.15) is 35.5 Å². The first-order valence-electron chi connectivity index (χ1n) is 7.33. The molecule has 0 fully saturated rings. The van der Waals surface area contributed by atoms with Crippen molar-refractivity contribution in [2.45, 2.75) is 26.8 Å². The molecule has 1 aromatic carbocycles. The Hall–Kier alpha value is -2.13. The first kappa shape index (κ1) is 13.8. The van der Waals surface area contributed by atoms with E-state index in [4.69, 9.17) is 4.42 Å². The summed E-state index contributed by atoms with van der Waals surface area (Å²) in [5.41, 5.74) is 4.38. The van der Waals surface area contributed by atoms with Gasteiger partial charge in [-0.05, 0) is 56.3 Å². The highest BCUT2D eigenvalue weighted by molar-refractivity contribution is 5.78. The molecular weight excluding hydrogens is 260 g/mol. The van der Waals surface area contributed by atoms with Gasteiger partial charge >= 0.3 is 0 Å². The fourth-order valence-corrected chi connectivity index (χ4v) is 2.66. The van der Waals surface area contributed by atoms with Crippen molar-refractivity contribution in [2.24, 2.45) is 0 Å². The average Bonchev–Trinajstić information content (AvgIpc) is 2.87. The summed E-state index contributed by atoms with van der Waals surface area (Å²) in [7, 11) is 0. The Morgan fingerprint density at radius 1 is 1.14 bits per heavy atom. The third-order valence-corrected chi connectivity index (χ3v) is 3.64. The van der Waals surface area contributed by atoms with Crippen LogP contribution in [0.15, 0.2) is 47.0 Å². The zero-order valence-electron chi connectivity index (χ0n) is 12.7. The maximum Gasteiger partial charge on any atom is 0.134 e. The zero-order chi connectivity index (χ0) is 14.8. The van der Waals surface area contributed by atoms with Crippen molar-refractivity contribution in [3.63, 3.8) is 0 Å². The summed E-state index contributed by atoms with van der Waals surface area (Å²) in [6.45, 7) is 7.09. The summed E-state index contributed by atoms with van der Waals surface area (Å²) in [4.78, 5) is 4.27. The van der Waals surface area contributed by atoms with Gasteiger partial charge in [0.15, 0.2) is 0 Å². The van der Waals surface area contributed by atoms with E-state index in [1.54, 1.807) is 0 Å². The zero-order valence-corrected chi connectivity index (χ0v) is 12.7. The second kappa shape index (κ2) is 5.70. The minimum atomic E-state index is 0.0596. The normalized spacial score (nSPS) is 12.7. The number of aryl methyl sites for hydroxylation is 2. The molecule has 2 heterocycles. The summed E-state index contributed by atoms with van der Waals surface area (Å²) in [5, 5.41) is 4.65. The molecule has 3 aromatic rings. The number of furan rings is 1. The molecule has 0 bridgehead atoms. The summed E-state index contributed by atoms with van der Waals surface area (Å²) >= 11 is 0. The highest BCUT2D eigenvalue weighted by Gasteiger charge is 2.18. The molecule has 108 valence electrons. The second-order valence-electron chi connectivity index (χ2n) is 5.41. The van der Waals surface area contributed by atoms with Crippen molar-refractivity contribution in [2.75, 3.05) is 6.54 Å². The Labute approximate surface area is 125 Å². The molecule has 21 heavy (non-hydrogen) atoms. The quantitative estimate of drug-likeness (QED) is 0.780. The molecule has 1 atom stereocenters. The molecule has 0 saturated carbocycles. The molecule has 1 N–H and O–H groups in total. The van der Waals surface area contributed by atoms with Gasteiger partial charge in [0.25, 0.3) is 0 Å². The van der Waals surface area contributed by atoms with Crippen molar-refractivity contribution < 1.29 is 4.42 Å². The van der Waals surface area contributed by atoms with Gasteiger partial charge in [0.05, 0.1) is 6.04 Å². The molecule has 0 aliphatic heterocycles. The molecule has 1 unspecified atom stereocenters. The topological polar surface area (TPSA) is 38.1 Å². The number of benzene rings is 1. The number of hydrogen-bond donors (Lipinski definition) is 1. The van der Waals surface area contributed by atoms with Crippen LogP contribution in [0, 0.1) is 13.8 Å². The van der Waals surface area contributed by atoms with Gasteiger partial charge in [0, 0.05) is 17.3 Å². The van der Waals surface area contributed by atoms with Gasteiger partial charge in [0.2, 0.25) is 0 Å². The lowest BCUT2D eigenvalue weighted by atomic mass is 10.0. The molecule has 3 rings (SSSR count). The summed E-state index contributed by atoms with van der Waals surface area (Å²) < 4.78 is 6.05. The minimum Gasteiger partial charge on any atom is -0.459 e. The van der Waals surface area contributed by atoms with E-state index in [0.717, 1.165) is 29.0 Å². The molecule has 3 heteroatoms. The summed E-state index contributed by atoms with van der Waals surface area (Å²) in [6, 6.07) is 12.6. The SMILES string of the molecule is CCNC(c1ccnc(C)c1)c1cc2cc(C)ccc2o1. The van der Waals surface area contributed by atoms with E-state index in [1.165, 1.54) is 11.1 Å². The van der Waals surface area contributed by atoms with Gasteiger partial charge in [0.1, 0.15) is 11.3 Å².